The van der Waals surface area contributed by atoms with E-state index in [0.29, 0.717) is 28.8 Å². The zero-order valence-electron chi connectivity index (χ0n) is 19.5. The van der Waals surface area contributed by atoms with Crippen LogP contribution >= 0.6 is 11.3 Å². The Morgan fingerprint density at radius 3 is 2.73 bits per heavy atom. The summed E-state index contributed by atoms with van der Waals surface area (Å²) in [6, 6.07) is 11.4. The Kier molecular flexibility index (Phi) is 8.45. The zero-order chi connectivity index (χ0) is 23.8. The second-order valence-electron chi connectivity index (χ2n) is 7.89. The van der Waals surface area contributed by atoms with Crippen LogP contribution in [0.3, 0.4) is 0 Å². The fourth-order valence-corrected chi connectivity index (χ4v) is 4.55. The summed E-state index contributed by atoms with van der Waals surface area (Å²) in [4.78, 5) is 17.3. The Bertz CT molecular complexity index is 1210. The Labute approximate surface area is 198 Å². The molecule has 0 atom stereocenters. The number of amides is 1. The lowest BCUT2D eigenvalue weighted by atomic mass is 10.1. The van der Waals surface area contributed by atoms with E-state index in [9.17, 15) is 10.1 Å². The number of hydrogen-bond acceptors (Lipinski definition) is 6. The minimum atomic E-state index is -0.499. The van der Waals surface area contributed by atoms with Gasteiger partial charge in [0.15, 0.2) is 16.6 Å². The van der Waals surface area contributed by atoms with Crippen LogP contribution in [0, 0.1) is 25.2 Å². The molecule has 0 aliphatic carbocycles. The van der Waals surface area contributed by atoms with Crippen molar-refractivity contribution in [3.63, 3.8) is 0 Å². The first-order valence-corrected chi connectivity index (χ1v) is 11.9. The number of nitriles is 1. The molecule has 6 nitrogen and oxygen atoms in total. The van der Waals surface area contributed by atoms with Gasteiger partial charge in [-0.1, -0.05) is 49.7 Å². The number of methoxy groups -OCH3 is 1. The van der Waals surface area contributed by atoms with Crippen molar-refractivity contribution in [2.24, 2.45) is 0 Å². The van der Waals surface area contributed by atoms with Crippen LogP contribution in [0.2, 0.25) is 0 Å². The Morgan fingerprint density at radius 2 is 2.00 bits per heavy atom. The summed E-state index contributed by atoms with van der Waals surface area (Å²) < 4.78 is 12.3. The number of thiazole rings is 1. The lowest BCUT2D eigenvalue weighted by Crippen LogP contribution is -2.13. The molecule has 0 saturated carbocycles. The second kappa shape index (κ2) is 11.5. The SMILES string of the molecule is CCCCCCOc1ccc(/C=C(\C#N)C(=O)Nc2nc3c(C)cc(C)cc3s2)cc1OC. The Hall–Kier alpha value is -3.37. The highest BCUT2D eigenvalue weighted by atomic mass is 32.1. The van der Waals surface area contributed by atoms with Crippen LogP contribution in [-0.2, 0) is 4.79 Å². The van der Waals surface area contributed by atoms with Gasteiger partial charge in [-0.25, -0.2) is 4.98 Å². The standard InChI is InChI=1S/C26H29N3O3S/c1-5-6-7-8-11-32-21-10-9-19(15-22(21)31-4)14-20(16-27)25(30)29-26-28-24-18(3)12-17(2)13-23(24)33-26/h9-10,12-15H,5-8,11H2,1-4H3,(H,28,29,30)/b20-14+. The maximum absolute atomic E-state index is 12.7. The molecule has 0 saturated heterocycles. The molecule has 172 valence electrons. The molecule has 0 spiro atoms. The molecule has 0 radical (unpaired) electrons. The van der Waals surface area contributed by atoms with Crippen LogP contribution in [0.15, 0.2) is 35.9 Å². The van der Waals surface area contributed by atoms with Crippen molar-refractivity contribution < 1.29 is 14.3 Å². The van der Waals surface area contributed by atoms with Crippen molar-refractivity contribution in [3.05, 3.63) is 52.6 Å². The molecule has 0 fully saturated rings. The summed E-state index contributed by atoms with van der Waals surface area (Å²) in [5, 5.41) is 12.8. The number of fused-ring (bicyclic) bond motifs is 1. The van der Waals surface area contributed by atoms with E-state index < -0.39 is 5.91 Å². The highest BCUT2D eigenvalue weighted by Crippen LogP contribution is 2.31. The van der Waals surface area contributed by atoms with Gasteiger partial charge in [0.2, 0.25) is 0 Å². The summed E-state index contributed by atoms with van der Waals surface area (Å²) in [5.41, 5.74) is 3.71. The Balaban J connectivity index is 1.73. The van der Waals surface area contributed by atoms with Crippen LogP contribution in [0.1, 0.15) is 49.3 Å². The molecule has 0 aliphatic rings. The molecule has 1 N–H and O–H groups in total. The fourth-order valence-electron chi connectivity index (χ4n) is 3.51. The molecule has 1 heterocycles. The van der Waals surface area contributed by atoms with Crippen molar-refractivity contribution in [3.8, 4) is 17.6 Å². The predicted molar refractivity (Wildman–Crippen MR) is 134 cm³/mol. The average molecular weight is 464 g/mol. The minimum Gasteiger partial charge on any atom is -0.493 e. The number of nitrogens with zero attached hydrogens (tertiary/aromatic N) is 2. The number of nitrogens with one attached hydrogen (secondary N) is 1. The fraction of sp³-hybridized carbons (Fsp3) is 0.346. The van der Waals surface area contributed by atoms with Gasteiger partial charge in [-0.15, -0.1) is 0 Å². The molecule has 33 heavy (non-hydrogen) atoms. The highest BCUT2D eigenvalue weighted by molar-refractivity contribution is 7.22. The normalized spacial score (nSPS) is 11.3. The van der Waals surface area contributed by atoms with E-state index in [0.717, 1.165) is 34.2 Å². The summed E-state index contributed by atoms with van der Waals surface area (Å²) in [6.45, 7) is 6.82. The first-order chi connectivity index (χ1) is 15.9. The maximum Gasteiger partial charge on any atom is 0.268 e. The molecule has 0 unspecified atom stereocenters. The number of hydrogen-bond donors (Lipinski definition) is 1. The molecule has 7 heteroatoms. The van der Waals surface area contributed by atoms with Gasteiger partial charge in [0, 0.05) is 0 Å². The first kappa shape index (κ1) is 24.3. The van der Waals surface area contributed by atoms with Crippen LogP contribution in [0.25, 0.3) is 16.3 Å². The second-order valence-corrected chi connectivity index (χ2v) is 8.92. The van der Waals surface area contributed by atoms with Gasteiger partial charge < -0.3 is 9.47 Å². The quantitative estimate of drug-likeness (QED) is 0.213. The summed E-state index contributed by atoms with van der Waals surface area (Å²) >= 11 is 1.39. The molecular formula is C26H29N3O3S. The van der Waals surface area contributed by atoms with Crippen molar-refractivity contribution in [1.29, 1.82) is 5.26 Å². The average Bonchev–Trinajstić information content (AvgIpc) is 3.20. The van der Waals surface area contributed by atoms with Crippen LogP contribution in [0.5, 0.6) is 11.5 Å². The van der Waals surface area contributed by atoms with E-state index in [2.05, 4.69) is 23.3 Å². The number of unbranched alkanes of at least 4 members (excludes halogenated alkanes) is 3. The third kappa shape index (κ3) is 6.33. The van der Waals surface area contributed by atoms with E-state index in [4.69, 9.17) is 9.47 Å². The molecule has 1 aromatic heterocycles. The number of ether oxygens (including phenoxy) is 2. The number of carbonyl (C=O) groups excluding carboxylic acids is 1. The Morgan fingerprint density at radius 1 is 1.18 bits per heavy atom. The number of anilines is 1. The number of aryl methyl sites for hydroxylation is 2. The lowest BCUT2D eigenvalue weighted by Gasteiger charge is -2.11. The molecular weight excluding hydrogens is 434 g/mol. The van der Waals surface area contributed by atoms with Gasteiger partial charge in [0.1, 0.15) is 11.6 Å². The summed E-state index contributed by atoms with van der Waals surface area (Å²) in [6.07, 6.45) is 6.03. The van der Waals surface area contributed by atoms with Gasteiger partial charge in [-0.2, -0.15) is 5.26 Å². The van der Waals surface area contributed by atoms with Crippen molar-refractivity contribution >= 4 is 38.7 Å². The van der Waals surface area contributed by atoms with Crippen LogP contribution < -0.4 is 14.8 Å². The monoisotopic (exact) mass is 463 g/mol. The molecule has 0 bridgehead atoms. The number of benzene rings is 2. The number of aromatic nitrogens is 1. The lowest BCUT2D eigenvalue weighted by molar-refractivity contribution is -0.112. The largest absolute Gasteiger partial charge is 0.493 e. The van der Waals surface area contributed by atoms with Gasteiger partial charge in [-0.05, 0) is 61.2 Å². The van der Waals surface area contributed by atoms with E-state index in [1.807, 2.05) is 26.0 Å². The predicted octanol–water partition coefficient (Wildman–Crippen LogP) is 6.43. The smallest absolute Gasteiger partial charge is 0.268 e. The maximum atomic E-state index is 12.7. The summed E-state index contributed by atoms with van der Waals surface area (Å²) in [5.74, 6) is 0.712. The van der Waals surface area contributed by atoms with Crippen LogP contribution in [0.4, 0.5) is 5.13 Å². The molecule has 2 aromatic carbocycles. The van der Waals surface area contributed by atoms with E-state index in [1.165, 1.54) is 30.3 Å². The van der Waals surface area contributed by atoms with Crippen molar-refractivity contribution in [1.82, 2.24) is 4.98 Å². The van der Waals surface area contributed by atoms with Crippen LogP contribution in [-0.4, -0.2) is 24.6 Å². The minimum absolute atomic E-state index is 0.0163. The highest BCUT2D eigenvalue weighted by Gasteiger charge is 2.14. The molecule has 3 aromatic rings. The number of rotatable bonds is 10. The van der Waals surface area contributed by atoms with Gasteiger partial charge in [-0.3, -0.25) is 10.1 Å². The van der Waals surface area contributed by atoms with Gasteiger partial charge >= 0.3 is 0 Å². The molecule has 3 rings (SSSR count). The van der Waals surface area contributed by atoms with Gasteiger partial charge in [0.05, 0.1) is 23.9 Å². The zero-order valence-corrected chi connectivity index (χ0v) is 20.3. The summed E-state index contributed by atoms with van der Waals surface area (Å²) in [7, 11) is 1.57. The molecule has 0 aliphatic heterocycles. The van der Waals surface area contributed by atoms with E-state index in [-0.39, 0.29) is 5.57 Å². The van der Waals surface area contributed by atoms with Gasteiger partial charge in [0.25, 0.3) is 5.91 Å². The number of carbonyl (C=O) groups is 1. The third-order valence-electron chi connectivity index (χ3n) is 5.17. The van der Waals surface area contributed by atoms with E-state index in [1.54, 1.807) is 25.3 Å². The first-order valence-electron chi connectivity index (χ1n) is 11.1. The van der Waals surface area contributed by atoms with Crippen molar-refractivity contribution in [2.45, 2.75) is 46.5 Å². The molecule has 1 amide bonds. The van der Waals surface area contributed by atoms with Crippen molar-refractivity contribution in [2.75, 3.05) is 19.0 Å². The third-order valence-corrected chi connectivity index (χ3v) is 6.09. The van der Waals surface area contributed by atoms with E-state index >= 15 is 0 Å². The topological polar surface area (TPSA) is 84.2 Å².